The highest BCUT2D eigenvalue weighted by molar-refractivity contribution is 5.85. The fourth-order valence-corrected chi connectivity index (χ4v) is 0.757. The summed E-state index contributed by atoms with van der Waals surface area (Å²) in [6.07, 6.45) is 3.58. The predicted molar refractivity (Wildman–Crippen MR) is 45.9 cm³/mol. The van der Waals surface area contributed by atoms with Crippen LogP contribution in [0.1, 0.15) is 33.1 Å². The van der Waals surface area contributed by atoms with E-state index in [4.69, 9.17) is 5.11 Å². The van der Waals surface area contributed by atoms with Crippen molar-refractivity contribution in [1.29, 1.82) is 0 Å². The summed E-state index contributed by atoms with van der Waals surface area (Å²) in [5, 5.41) is 8.46. The van der Waals surface area contributed by atoms with Gasteiger partial charge in [-0.1, -0.05) is 6.08 Å². The lowest BCUT2D eigenvalue weighted by atomic mass is 10.1. The molecule has 12 heavy (non-hydrogen) atoms. The number of carboxylic acids is 1. The Kier molecular flexibility index (Phi) is 5.00. The first-order valence-corrected chi connectivity index (χ1v) is 3.93. The lowest BCUT2D eigenvalue weighted by Crippen LogP contribution is -1.96. The molecule has 0 fully saturated rings. The third kappa shape index (κ3) is 5.65. The number of rotatable bonds is 5. The Hall–Kier alpha value is -1.12. The van der Waals surface area contributed by atoms with Gasteiger partial charge in [-0.2, -0.15) is 0 Å². The van der Waals surface area contributed by atoms with Gasteiger partial charge in [-0.3, -0.25) is 0 Å². The van der Waals surface area contributed by atoms with E-state index in [0.717, 1.165) is 6.42 Å². The molecule has 0 atom stereocenters. The van der Waals surface area contributed by atoms with E-state index >= 15 is 0 Å². The van der Waals surface area contributed by atoms with Gasteiger partial charge in [0.25, 0.3) is 0 Å². The first-order valence-electron chi connectivity index (χ1n) is 3.93. The summed E-state index contributed by atoms with van der Waals surface area (Å²) in [6.45, 7) is 3.09. The molecule has 1 N–H and O–H groups in total. The molecule has 0 saturated heterocycles. The van der Waals surface area contributed by atoms with Crippen molar-refractivity contribution in [3.63, 3.8) is 0 Å². The molecule has 0 saturated carbocycles. The van der Waals surface area contributed by atoms with E-state index in [1.807, 2.05) is 0 Å². The Morgan fingerprint density at radius 1 is 1.33 bits per heavy atom. The Bertz CT molecular complexity index is 204. The molecule has 3 nitrogen and oxygen atoms in total. The summed E-state index contributed by atoms with van der Waals surface area (Å²) in [4.78, 5) is 20.8. The second-order valence-electron chi connectivity index (χ2n) is 2.79. The summed E-state index contributed by atoms with van der Waals surface area (Å²) in [7, 11) is 0. The van der Waals surface area contributed by atoms with Gasteiger partial charge in [-0.15, -0.1) is 0 Å². The van der Waals surface area contributed by atoms with Crippen molar-refractivity contribution in [2.24, 2.45) is 0 Å². The molecule has 0 bridgehead atoms. The van der Waals surface area contributed by atoms with Gasteiger partial charge in [0.1, 0.15) is 5.78 Å². The fraction of sp³-hybridized carbons (Fsp3) is 0.556. The number of ketones is 1. The molecule has 68 valence electrons. The van der Waals surface area contributed by atoms with Crippen molar-refractivity contribution in [2.75, 3.05) is 0 Å². The third-order valence-corrected chi connectivity index (χ3v) is 1.52. The predicted octanol–water partition coefficient (Wildman–Crippen LogP) is 1.78. The quantitative estimate of drug-likeness (QED) is 0.505. The van der Waals surface area contributed by atoms with Crippen LogP contribution >= 0.6 is 0 Å². The largest absolute Gasteiger partial charge is 0.478 e. The van der Waals surface area contributed by atoms with E-state index in [2.05, 4.69) is 0 Å². The minimum Gasteiger partial charge on any atom is -0.478 e. The highest BCUT2D eigenvalue weighted by Crippen LogP contribution is 2.01. The maximum absolute atomic E-state index is 10.5. The smallest absolute Gasteiger partial charge is 0.330 e. The zero-order chi connectivity index (χ0) is 9.56. The summed E-state index contributed by atoms with van der Waals surface area (Å²) in [6, 6.07) is 0. The highest BCUT2D eigenvalue weighted by Gasteiger charge is 1.98. The van der Waals surface area contributed by atoms with Crippen LogP contribution in [0, 0.1) is 0 Å². The number of unbranched alkanes of at least 4 members (excludes halogenated alkanes) is 1. The van der Waals surface area contributed by atoms with Crippen molar-refractivity contribution in [3.05, 3.63) is 11.6 Å². The second-order valence-corrected chi connectivity index (χ2v) is 2.79. The summed E-state index contributed by atoms with van der Waals surface area (Å²) in [5.41, 5.74) is 0.346. The van der Waals surface area contributed by atoms with Crippen LogP contribution in [0.2, 0.25) is 0 Å². The number of hydrogen-bond acceptors (Lipinski definition) is 2. The lowest BCUT2D eigenvalue weighted by molar-refractivity contribution is -0.132. The van der Waals surface area contributed by atoms with E-state index in [1.54, 1.807) is 13.0 Å². The van der Waals surface area contributed by atoms with Crippen molar-refractivity contribution in [3.8, 4) is 0 Å². The maximum Gasteiger partial charge on any atom is 0.330 e. The van der Waals surface area contributed by atoms with Gasteiger partial charge >= 0.3 is 5.97 Å². The van der Waals surface area contributed by atoms with Gasteiger partial charge in [-0.05, 0) is 26.7 Å². The Labute approximate surface area is 72.1 Å². The molecular formula is C9H14O3. The molecule has 0 unspecified atom stereocenters. The average Bonchev–Trinajstić information content (AvgIpc) is 1.97. The molecule has 0 radical (unpaired) electrons. The van der Waals surface area contributed by atoms with Crippen LogP contribution in [0.25, 0.3) is 0 Å². The first-order chi connectivity index (χ1) is 5.54. The van der Waals surface area contributed by atoms with Crippen LogP contribution in [0.3, 0.4) is 0 Å². The lowest BCUT2D eigenvalue weighted by Gasteiger charge is -1.93. The number of Topliss-reactive ketones (excluding diaryl/α,β-unsaturated/α-hetero) is 1. The topological polar surface area (TPSA) is 54.4 Å². The molecule has 0 aliphatic rings. The molecule has 0 aromatic carbocycles. The van der Waals surface area contributed by atoms with Gasteiger partial charge in [-0.25, -0.2) is 4.79 Å². The van der Waals surface area contributed by atoms with Crippen LogP contribution in [0.4, 0.5) is 0 Å². The SMILES string of the molecule is CC(=O)CCCC=C(C)C(=O)O. The van der Waals surface area contributed by atoms with Crippen LogP contribution in [0.5, 0.6) is 0 Å². The van der Waals surface area contributed by atoms with Gasteiger partial charge in [0.05, 0.1) is 0 Å². The standard InChI is InChI=1S/C9H14O3/c1-7(9(11)12)5-3-4-6-8(2)10/h5H,3-4,6H2,1-2H3,(H,11,12). The number of allylic oxidation sites excluding steroid dienone is 1. The zero-order valence-electron chi connectivity index (χ0n) is 7.46. The van der Waals surface area contributed by atoms with E-state index in [0.29, 0.717) is 18.4 Å². The molecule has 0 aliphatic heterocycles. The molecule has 0 amide bonds. The summed E-state index contributed by atoms with van der Waals surface area (Å²) in [5.74, 6) is -0.741. The fourth-order valence-electron chi connectivity index (χ4n) is 0.757. The Morgan fingerprint density at radius 3 is 2.33 bits per heavy atom. The first kappa shape index (κ1) is 10.9. The molecule has 0 heterocycles. The average molecular weight is 170 g/mol. The van der Waals surface area contributed by atoms with E-state index in [-0.39, 0.29) is 5.78 Å². The molecule has 0 spiro atoms. The van der Waals surface area contributed by atoms with E-state index in [1.165, 1.54) is 6.92 Å². The maximum atomic E-state index is 10.5. The van der Waals surface area contributed by atoms with Crippen LogP contribution in [-0.2, 0) is 9.59 Å². The number of hydrogen-bond donors (Lipinski definition) is 1. The van der Waals surface area contributed by atoms with E-state index < -0.39 is 5.97 Å². The highest BCUT2D eigenvalue weighted by atomic mass is 16.4. The molecule has 3 heteroatoms. The van der Waals surface area contributed by atoms with Crippen LogP contribution < -0.4 is 0 Å². The Morgan fingerprint density at radius 2 is 1.92 bits per heavy atom. The van der Waals surface area contributed by atoms with E-state index in [9.17, 15) is 9.59 Å². The number of carbonyl (C=O) groups excluding carboxylic acids is 1. The van der Waals surface area contributed by atoms with Crippen molar-refractivity contribution < 1.29 is 14.7 Å². The normalized spacial score (nSPS) is 11.3. The molecule has 0 aromatic rings. The summed E-state index contributed by atoms with van der Waals surface area (Å²) < 4.78 is 0. The monoisotopic (exact) mass is 170 g/mol. The molecule has 0 aromatic heterocycles. The zero-order valence-corrected chi connectivity index (χ0v) is 7.46. The number of carbonyl (C=O) groups is 2. The van der Waals surface area contributed by atoms with Crippen LogP contribution in [0.15, 0.2) is 11.6 Å². The van der Waals surface area contributed by atoms with Gasteiger partial charge < -0.3 is 9.90 Å². The van der Waals surface area contributed by atoms with Crippen LogP contribution in [-0.4, -0.2) is 16.9 Å². The van der Waals surface area contributed by atoms with Crippen molar-refractivity contribution >= 4 is 11.8 Å². The van der Waals surface area contributed by atoms with Gasteiger partial charge in [0, 0.05) is 12.0 Å². The minimum absolute atomic E-state index is 0.149. The minimum atomic E-state index is -0.891. The van der Waals surface area contributed by atoms with Crippen molar-refractivity contribution in [1.82, 2.24) is 0 Å². The molecular weight excluding hydrogens is 156 g/mol. The number of aliphatic carboxylic acids is 1. The van der Waals surface area contributed by atoms with Gasteiger partial charge in [0.15, 0.2) is 0 Å². The van der Waals surface area contributed by atoms with Crippen molar-refractivity contribution in [2.45, 2.75) is 33.1 Å². The van der Waals surface area contributed by atoms with Gasteiger partial charge in [0.2, 0.25) is 0 Å². The molecule has 0 aliphatic carbocycles. The third-order valence-electron chi connectivity index (χ3n) is 1.52. The second kappa shape index (κ2) is 5.52. The molecule has 0 rings (SSSR count). The Balaban J connectivity index is 3.60. The number of carboxylic acid groups (broad SMARTS) is 1. The summed E-state index contributed by atoms with van der Waals surface area (Å²) >= 11 is 0.